The quantitative estimate of drug-likeness (QED) is 0.349. The first-order chi connectivity index (χ1) is 15.0. The molecular weight excluding hydrogens is 485 g/mol. The molecule has 0 bridgehead atoms. The number of nitrogens with zero attached hydrogens (tertiary/aromatic N) is 2. The molecule has 5 nitrogen and oxygen atoms in total. The van der Waals surface area contributed by atoms with E-state index in [2.05, 4.69) is 32.5 Å². The number of carbonyl (C=O) groups excluding carboxylic acids is 1. The van der Waals surface area contributed by atoms with Crippen LogP contribution < -0.4 is 10.2 Å². The third kappa shape index (κ3) is 6.38. The molecule has 0 aliphatic carbocycles. The Morgan fingerprint density at radius 1 is 1.23 bits per heavy atom. The fourth-order valence-corrected chi connectivity index (χ4v) is 3.69. The number of nitriles is 1. The molecule has 0 aliphatic rings. The molecule has 3 aromatic rings. The lowest BCUT2D eigenvalue weighted by molar-refractivity contribution is -0.120. The average Bonchev–Trinajstić information content (AvgIpc) is 2.75. The molecule has 0 aromatic heterocycles. The van der Waals surface area contributed by atoms with Gasteiger partial charge in [0.05, 0.1) is 33.8 Å². The Morgan fingerprint density at radius 2 is 1.97 bits per heavy atom. The lowest BCUT2D eigenvalue weighted by atomic mass is 10.1. The van der Waals surface area contributed by atoms with E-state index < -0.39 is 0 Å². The van der Waals surface area contributed by atoms with Crippen LogP contribution in [0.4, 0.5) is 4.39 Å². The van der Waals surface area contributed by atoms with Crippen molar-refractivity contribution in [2.75, 3.05) is 0 Å². The summed E-state index contributed by atoms with van der Waals surface area (Å²) >= 11 is 9.76. The first kappa shape index (κ1) is 22.5. The SMILES string of the molecule is N#Cc1ccccc1COc1c(Cl)cc(/C=N/NC(=O)Cc2ccc(F)cc2)cc1Br. The lowest BCUT2D eigenvalue weighted by Crippen LogP contribution is -2.19. The van der Waals surface area contributed by atoms with Crippen molar-refractivity contribution in [1.29, 1.82) is 5.26 Å². The van der Waals surface area contributed by atoms with E-state index in [9.17, 15) is 14.4 Å². The van der Waals surface area contributed by atoms with Crippen LogP contribution in [-0.2, 0) is 17.8 Å². The van der Waals surface area contributed by atoms with Crippen molar-refractivity contribution >= 4 is 39.7 Å². The monoisotopic (exact) mass is 499 g/mol. The van der Waals surface area contributed by atoms with E-state index in [4.69, 9.17) is 16.3 Å². The molecule has 0 radical (unpaired) electrons. The topological polar surface area (TPSA) is 74.5 Å². The van der Waals surface area contributed by atoms with E-state index in [-0.39, 0.29) is 24.8 Å². The number of hydrazone groups is 1. The first-order valence-corrected chi connectivity index (χ1v) is 10.3. The predicted molar refractivity (Wildman–Crippen MR) is 120 cm³/mol. The Labute approximate surface area is 192 Å². The normalized spacial score (nSPS) is 10.6. The molecular formula is C23H16BrClFN3O2. The molecule has 0 unspecified atom stereocenters. The first-order valence-electron chi connectivity index (χ1n) is 9.12. The number of benzene rings is 3. The smallest absolute Gasteiger partial charge is 0.244 e. The van der Waals surface area contributed by atoms with Gasteiger partial charge in [-0.25, -0.2) is 9.82 Å². The number of ether oxygens (including phenoxy) is 1. The number of rotatable bonds is 7. The molecule has 1 amide bonds. The largest absolute Gasteiger partial charge is 0.486 e. The van der Waals surface area contributed by atoms with Crippen molar-refractivity contribution in [2.24, 2.45) is 5.10 Å². The van der Waals surface area contributed by atoms with Gasteiger partial charge in [0.2, 0.25) is 5.91 Å². The summed E-state index contributed by atoms with van der Waals surface area (Å²) in [6.07, 6.45) is 1.53. The molecule has 8 heteroatoms. The zero-order valence-electron chi connectivity index (χ0n) is 16.1. The maximum absolute atomic E-state index is 12.9. The van der Waals surface area contributed by atoms with Crippen molar-refractivity contribution in [1.82, 2.24) is 5.43 Å². The molecule has 31 heavy (non-hydrogen) atoms. The molecule has 0 fully saturated rings. The fraction of sp³-hybridized carbons (Fsp3) is 0.0870. The standard InChI is InChI=1S/C23H16BrClFN3O2/c24-20-9-16(13-28-29-22(30)11-15-5-7-19(26)8-6-15)10-21(25)23(20)31-14-18-4-2-1-3-17(18)12-27/h1-10,13H,11,14H2,(H,29,30)/b28-13+. The second-order valence-corrected chi connectivity index (χ2v) is 7.73. The molecule has 0 saturated carbocycles. The molecule has 0 heterocycles. The minimum absolute atomic E-state index is 0.0824. The maximum Gasteiger partial charge on any atom is 0.244 e. The second-order valence-electron chi connectivity index (χ2n) is 6.47. The average molecular weight is 501 g/mol. The minimum atomic E-state index is -0.355. The highest BCUT2D eigenvalue weighted by atomic mass is 79.9. The summed E-state index contributed by atoms with van der Waals surface area (Å²) in [4.78, 5) is 12.0. The highest BCUT2D eigenvalue weighted by molar-refractivity contribution is 9.10. The van der Waals surface area contributed by atoms with Gasteiger partial charge in [-0.1, -0.05) is 41.9 Å². The van der Waals surface area contributed by atoms with Gasteiger partial charge >= 0.3 is 0 Å². The van der Waals surface area contributed by atoms with Crippen LogP contribution in [0, 0.1) is 17.1 Å². The van der Waals surface area contributed by atoms with Crippen LogP contribution in [0.5, 0.6) is 5.75 Å². The van der Waals surface area contributed by atoms with Crippen LogP contribution in [0.3, 0.4) is 0 Å². The van der Waals surface area contributed by atoms with E-state index in [0.717, 1.165) is 5.56 Å². The van der Waals surface area contributed by atoms with E-state index in [1.165, 1.54) is 18.3 Å². The third-order valence-corrected chi connectivity index (χ3v) is 5.08. The fourth-order valence-electron chi connectivity index (χ4n) is 2.70. The summed E-state index contributed by atoms with van der Waals surface area (Å²) in [6.45, 7) is 0.189. The second kappa shape index (κ2) is 10.7. The molecule has 0 atom stereocenters. The number of nitrogens with one attached hydrogen (secondary N) is 1. The van der Waals surface area contributed by atoms with E-state index in [1.54, 1.807) is 36.4 Å². The van der Waals surface area contributed by atoms with Gasteiger partial charge in [0.25, 0.3) is 0 Å². The van der Waals surface area contributed by atoms with E-state index in [1.807, 2.05) is 12.1 Å². The minimum Gasteiger partial charge on any atom is -0.486 e. The van der Waals surface area contributed by atoms with E-state index >= 15 is 0 Å². The Morgan fingerprint density at radius 3 is 2.68 bits per heavy atom. The molecule has 0 spiro atoms. The molecule has 0 aliphatic heterocycles. The van der Waals surface area contributed by atoms with Gasteiger partial charge in [-0.05, 0) is 57.4 Å². The van der Waals surface area contributed by atoms with Gasteiger partial charge in [-0.2, -0.15) is 10.4 Å². The zero-order chi connectivity index (χ0) is 22.2. The van der Waals surface area contributed by atoms with Gasteiger partial charge in [0.15, 0.2) is 5.75 Å². The molecule has 3 rings (SSSR count). The predicted octanol–water partition coefficient (Wildman–Crippen LogP) is 5.39. The zero-order valence-corrected chi connectivity index (χ0v) is 18.5. The lowest BCUT2D eigenvalue weighted by Gasteiger charge is -2.12. The summed E-state index contributed by atoms with van der Waals surface area (Å²) in [6, 6.07) is 18.4. The van der Waals surface area contributed by atoms with Crippen molar-refractivity contribution in [2.45, 2.75) is 13.0 Å². The van der Waals surface area contributed by atoms with Crippen molar-refractivity contribution in [3.8, 4) is 11.8 Å². The number of carbonyl (C=O) groups is 1. The van der Waals surface area contributed by atoms with Gasteiger partial charge in [-0.3, -0.25) is 4.79 Å². The maximum atomic E-state index is 12.9. The summed E-state index contributed by atoms with van der Waals surface area (Å²) in [7, 11) is 0. The van der Waals surface area contributed by atoms with Crippen molar-refractivity contribution < 1.29 is 13.9 Å². The van der Waals surface area contributed by atoms with Gasteiger partial charge in [0.1, 0.15) is 12.4 Å². The summed E-state index contributed by atoms with van der Waals surface area (Å²) in [5.41, 5.74) is 5.04. The van der Waals surface area contributed by atoms with Crippen LogP contribution in [-0.4, -0.2) is 12.1 Å². The van der Waals surface area contributed by atoms with Crippen LogP contribution in [0.25, 0.3) is 0 Å². The Balaban J connectivity index is 1.61. The molecule has 1 N–H and O–H groups in total. The summed E-state index contributed by atoms with van der Waals surface area (Å²) < 4.78 is 19.3. The van der Waals surface area contributed by atoms with Gasteiger partial charge in [-0.15, -0.1) is 0 Å². The van der Waals surface area contributed by atoms with Crippen molar-refractivity contribution in [3.63, 3.8) is 0 Å². The molecule has 156 valence electrons. The highest BCUT2D eigenvalue weighted by Crippen LogP contribution is 2.34. The van der Waals surface area contributed by atoms with E-state index in [0.29, 0.717) is 31.9 Å². The number of halogens is 3. The van der Waals surface area contributed by atoms with Crippen molar-refractivity contribution in [3.05, 3.63) is 98.2 Å². The third-order valence-electron chi connectivity index (χ3n) is 4.21. The Hall–Kier alpha value is -3.21. The summed E-state index contributed by atoms with van der Waals surface area (Å²) in [5, 5.41) is 13.5. The van der Waals surface area contributed by atoms with Crippen LogP contribution >= 0.6 is 27.5 Å². The van der Waals surface area contributed by atoms with Gasteiger partial charge < -0.3 is 4.74 Å². The Bertz CT molecular complexity index is 1140. The number of amides is 1. The van der Waals surface area contributed by atoms with Crippen LogP contribution in [0.15, 0.2) is 70.2 Å². The molecule has 3 aromatic carbocycles. The number of hydrogen-bond donors (Lipinski definition) is 1. The highest BCUT2D eigenvalue weighted by Gasteiger charge is 2.11. The Kier molecular flexibility index (Phi) is 7.76. The van der Waals surface area contributed by atoms with Crippen LogP contribution in [0.2, 0.25) is 5.02 Å². The summed E-state index contributed by atoms with van der Waals surface area (Å²) in [5.74, 6) is -0.248. The van der Waals surface area contributed by atoms with Crippen LogP contribution in [0.1, 0.15) is 22.3 Å². The number of hydrogen-bond acceptors (Lipinski definition) is 4. The molecule has 0 saturated heterocycles. The van der Waals surface area contributed by atoms with Gasteiger partial charge in [0, 0.05) is 5.56 Å².